The number of thioether (sulfide) groups is 1. The van der Waals surface area contributed by atoms with Crippen LogP contribution in [0.2, 0.25) is 0 Å². The fourth-order valence-corrected chi connectivity index (χ4v) is 4.21. The molecule has 0 unspecified atom stereocenters. The largest absolute Gasteiger partial charge is 0.493 e. The van der Waals surface area contributed by atoms with Gasteiger partial charge in [0.15, 0.2) is 11.5 Å². The second-order valence-electron chi connectivity index (χ2n) is 6.74. The van der Waals surface area contributed by atoms with Crippen molar-refractivity contribution in [1.82, 2.24) is 15.8 Å². The molecule has 1 aliphatic rings. The van der Waals surface area contributed by atoms with Gasteiger partial charge in [-0.15, -0.1) is 0 Å². The summed E-state index contributed by atoms with van der Waals surface area (Å²) in [6, 6.07) is 8.13. The van der Waals surface area contributed by atoms with Gasteiger partial charge in [0.2, 0.25) is 5.75 Å². The number of carbonyl (C=O) groups excluding carboxylic acids is 3. The SMILES string of the molecule is COc1cc(/C=C2/SC(=S)N(CC(=O)NNC(=O)c3ccc(F)cc3)C2=O)cc(OC)c1OC. The number of nitrogens with one attached hydrogen (secondary N) is 2. The van der Waals surface area contributed by atoms with E-state index in [0.29, 0.717) is 27.7 Å². The first-order valence-electron chi connectivity index (χ1n) is 9.67. The molecule has 0 radical (unpaired) electrons. The van der Waals surface area contributed by atoms with Gasteiger partial charge in [-0.05, 0) is 48.0 Å². The molecule has 34 heavy (non-hydrogen) atoms. The van der Waals surface area contributed by atoms with Crippen molar-refractivity contribution in [2.75, 3.05) is 27.9 Å². The van der Waals surface area contributed by atoms with E-state index in [9.17, 15) is 18.8 Å². The number of hydrogen-bond donors (Lipinski definition) is 2. The first kappa shape index (κ1) is 25.0. The van der Waals surface area contributed by atoms with Gasteiger partial charge in [0, 0.05) is 5.56 Å². The van der Waals surface area contributed by atoms with Gasteiger partial charge < -0.3 is 14.2 Å². The number of nitrogens with zero attached hydrogens (tertiary/aromatic N) is 1. The van der Waals surface area contributed by atoms with Gasteiger partial charge in [-0.25, -0.2) is 4.39 Å². The molecule has 1 heterocycles. The predicted octanol–water partition coefficient (Wildman–Crippen LogP) is 2.51. The van der Waals surface area contributed by atoms with Crippen LogP contribution in [0.3, 0.4) is 0 Å². The van der Waals surface area contributed by atoms with Crippen LogP contribution < -0.4 is 25.1 Å². The van der Waals surface area contributed by atoms with E-state index < -0.39 is 30.1 Å². The number of thiocarbonyl (C=S) groups is 1. The Morgan fingerprint density at radius 3 is 2.24 bits per heavy atom. The number of methoxy groups -OCH3 is 3. The lowest BCUT2D eigenvalue weighted by Gasteiger charge is -2.14. The van der Waals surface area contributed by atoms with E-state index in [2.05, 4.69) is 10.9 Å². The highest BCUT2D eigenvalue weighted by atomic mass is 32.2. The van der Waals surface area contributed by atoms with Gasteiger partial charge in [-0.3, -0.25) is 30.1 Å². The molecule has 0 atom stereocenters. The predicted molar refractivity (Wildman–Crippen MR) is 128 cm³/mol. The molecule has 3 amide bonds. The van der Waals surface area contributed by atoms with Crippen LogP contribution in [-0.4, -0.2) is 54.8 Å². The number of hydrazine groups is 1. The lowest BCUT2D eigenvalue weighted by Crippen LogP contribution is -2.47. The second kappa shape index (κ2) is 11.0. The lowest BCUT2D eigenvalue weighted by molar-refractivity contribution is -0.129. The minimum atomic E-state index is -0.666. The van der Waals surface area contributed by atoms with E-state index in [-0.39, 0.29) is 9.88 Å². The molecule has 9 nitrogen and oxygen atoms in total. The van der Waals surface area contributed by atoms with Crippen LogP contribution in [0.25, 0.3) is 6.08 Å². The maximum atomic E-state index is 13.0. The average molecular weight is 506 g/mol. The van der Waals surface area contributed by atoms with Crippen LogP contribution >= 0.6 is 24.0 Å². The van der Waals surface area contributed by atoms with Crippen LogP contribution in [0.4, 0.5) is 4.39 Å². The van der Waals surface area contributed by atoms with Crippen molar-refractivity contribution >= 4 is 52.1 Å². The molecule has 0 saturated carbocycles. The zero-order chi connectivity index (χ0) is 24.8. The van der Waals surface area contributed by atoms with Crippen LogP contribution in [0.5, 0.6) is 17.2 Å². The molecule has 2 aromatic rings. The summed E-state index contributed by atoms with van der Waals surface area (Å²) in [5.74, 6) is -1.02. The monoisotopic (exact) mass is 505 g/mol. The molecule has 0 bridgehead atoms. The Morgan fingerprint density at radius 2 is 1.68 bits per heavy atom. The van der Waals surface area contributed by atoms with Crippen molar-refractivity contribution in [3.05, 3.63) is 58.2 Å². The number of benzene rings is 2. The van der Waals surface area contributed by atoms with Crippen molar-refractivity contribution in [2.45, 2.75) is 0 Å². The molecule has 3 rings (SSSR count). The first-order valence-corrected chi connectivity index (χ1v) is 10.9. The van der Waals surface area contributed by atoms with Crippen LogP contribution in [0.15, 0.2) is 41.3 Å². The fraction of sp³-hybridized carbons (Fsp3) is 0.182. The second-order valence-corrected chi connectivity index (χ2v) is 8.41. The maximum absolute atomic E-state index is 13.0. The Bertz CT molecular complexity index is 1140. The van der Waals surface area contributed by atoms with E-state index in [1.165, 1.54) is 33.5 Å². The van der Waals surface area contributed by atoms with Crippen LogP contribution in [-0.2, 0) is 9.59 Å². The summed E-state index contributed by atoms with van der Waals surface area (Å²) in [7, 11) is 4.44. The summed E-state index contributed by atoms with van der Waals surface area (Å²) in [4.78, 5) is 38.5. The van der Waals surface area contributed by atoms with E-state index >= 15 is 0 Å². The minimum absolute atomic E-state index is 0.153. The van der Waals surface area contributed by atoms with Gasteiger partial charge in [0.25, 0.3) is 17.7 Å². The van der Waals surface area contributed by atoms with Gasteiger partial charge in [0.1, 0.15) is 16.7 Å². The third-order valence-electron chi connectivity index (χ3n) is 4.58. The highest BCUT2D eigenvalue weighted by molar-refractivity contribution is 8.26. The molecule has 1 aliphatic heterocycles. The quantitative estimate of drug-likeness (QED) is 0.336. The number of rotatable bonds is 7. The molecule has 12 heteroatoms. The van der Waals surface area contributed by atoms with Gasteiger partial charge in [-0.2, -0.15) is 0 Å². The molecule has 2 aromatic carbocycles. The van der Waals surface area contributed by atoms with Gasteiger partial charge in [0.05, 0.1) is 26.2 Å². The molecule has 0 spiro atoms. The molecule has 0 aliphatic carbocycles. The Labute approximate surface area is 204 Å². The molecular weight excluding hydrogens is 485 g/mol. The minimum Gasteiger partial charge on any atom is -0.493 e. The average Bonchev–Trinajstić information content (AvgIpc) is 3.09. The summed E-state index contributed by atoms with van der Waals surface area (Å²) in [5.41, 5.74) is 5.17. The highest BCUT2D eigenvalue weighted by Crippen LogP contribution is 2.40. The molecule has 2 N–H and O–H groups in total. The molecule has 1 saturated heterocycles. The van der Waals surface area contributed by atoms with Gasteiger partial charge >= 0.3 is 0 Å². The Balaban J connectivity index is 1.67. The van der Waals surface area contributed by atoms with Crippen LogP contribution in [0, 0.1) is 5.82 Å². The topological polar surface area (TPSA) is 106 Å². The number of hydrogen-bond acceptors (Lipinski definition) is 8. The molecule has 178 valence electrons. The summed E-state index contributed by atoms with van der Waals surface area (Å²) >= 11 is 6.28. The third-order valence-corrected chi connectivity index (χ3v) is 5.96. The van der Waals surface area contributed by atoms with Crippen molar-refractivity contribution < 1.29 is 33.0 Å². The van der Waals surface area contributed by atoms with Crippen LogP contribution in [0.1, 0.15) is 15.9 Å². The van der Waals surface area contributed by atoms with E-state index in [1.807, 2.05) is 0 Å². The smallest absolute Gasteiger partial charge is 0.269 e. The molecule has 0 aromatic heterocycles. The molecule has 1 fully saturated rings. The Kier molecular flexibility index (Phi) is 8.08. The highest BCUT2D eigenvalue weighted by Gasteiger charge is 2.33. The number of ether oxygens (including phenoxy) is 3. The van der Waals surface area contributed by atoms with Crippen molar-refractivity contribution in [2.24, 2.45) is 0 Å². The summed E-state index contributed by atoms with van der Waals surface area (Å²) in [6.45, 7) is -0.402. The lowest BCUT2D eigenvalue weighted by atomic mass is 10.1. The Hall–Kier alpha value is -3.64. The van der Waals surface area contributed by atoms with Crippen molar-refractivity contribution in [3.8, 4) is 17.2 Å². The summed E-state index contributed by atoms with van der Waals surface area (Å²) in [6.07, 6.45) is 1.60. The number of halogens is 1. The maximum Gasteiger partial charge on any atom is 0.269 e. The Morgan fingerprint density at radius 1 is 1.06 bits per heavy atom. The number of carbonyl (C=O) groups is 3. The normalized spacial score (nSPS) is 14.2. The fourth-order valence-electron chi connectivity index (χ4n) is 2.96. The zero-order valence-electron chi connectivity index (χ0n) is 18.3. The van der Waals surface area contributed by atoms with E-state index in [4.69, 9.17) is 26.4 Å². The number of amides is 3. The summed E-state index contributed by atoms with van der Waals surface area (Å²) < 4.78 is 29.1. The molecular formula is C22H20FN3O6S2. The van der Waals surface area contributed by atoms with E-state index in [0.717, 1.165) is 28.8 Å². The van der Waals surface area contributed by atoms with E-state index in [1.54, 1.807) is 18.2 Å². The van der Waals surface area contributed by atoms with Crippen molar-refractivity contribution in [3.63, 3.8) is 0 Å². The van der Waals surface area contributed by atoms with Crippen molar-refractivity contribution in [1.29, 1.82) is 0 Å². The summed E-state index contributed by atoms with van der Waals surface area (Å²) in [5, 5.41) is 0. The standard InChI is InChI=1S/C22H20FN3O6S2/c1-30-15-8-12(9-16(31-2)19(15)32-3)10-17-21(29)26(22(33)34-17)11-18(27)24-25-20(28)13-4-6-14(23)7-5-13/h4-10H,11H2,1-3H3,(H,24,27)(H,25,28)/b17-10+. The first-order chi connectivity index (χ1) is 16.3. The zero-order valence-corrected chi connectivity index (χ0v) is 20.0. The van der Waals surface area contributed by atoms with Gasteiger partial charge in [-0.1, -0.05) is 24.0 Å². The third kappa shape index (κ3) is 5.64.